The Kier molecular flexibility index (Phi) is 4.27. The van der Waals surface area contributed by atoms with Gasteiger partial charge in [0, 0.05) is 6.07 Å². The maximum absolute atomic E-state index is 12.1. The van der Waals surface area contributed by atoms with E-state index in [9.17, 15) is 13.2 Å². The van der Waals surface area contributed by atoms with Crippen molar-refractivity contribution in [1.29, 1.82) is 0 Å². The number of nitrogens with one attached hydrogen (secondary N) is 1. The van der Waals surface area contributed by atoms with E-state index < -0.39 is 26.8 Å². The van der Waals surface area contributed by atoms with Gasteiger partial charge in [0.05, 0.1) is 19.9 Å². The van der Waals surface area contributed by atoms with E-state index in [0.717, 1.165) is 12.1 Å². The lowest BCUT2D eigenvalue weighted by atomic mass is 10.3. The quantitative estimate of drug-likeness (QED) is 0.831. The summed E-state index contributed by atoms with van der Waals surface area (Å²) < 4.78 is 41.4. The Bertz CT molecular complexity index is 794. The maximum atomic E-state index is 12.1. The van der Waals surface area contributed by atoms with Crippen molar-refractivity contribution in [3.63, 3.8) is 0 Å². The Morgan fingerprint density at radius 2 is 1.82 bits per heavy atom. The van der Waals surface area contributed by atoms with Gasteiger partial charge in [-0.15, -0.1) is 0 Å². The minimum absolute atomic E-state index is 0.214. The second-order valence-corrected chi connectivity index (χ2v) is 5.71. The van der Waals surface area contributed by atoms with E-state index in [4.69, 9.17) is 19.0 Å². The Balaban J connectivity index is 2.30. The van der Waals surface area contributed by atoms with Crippen LogP contribution in [-0.4, -0.2) is 33.7 Å². The first-order valence-corrected chi connectivity index (χ1v) is 7.43. The molecule has 1 aromatic carbocycles. The largest absolute Gasteiger partial charge is 0.493 e. The molecule has 118 valence electrons. The van der Waals surface area contributed by atoms with Crippen LogP contribution in [0, 0.1) is 0 Å². The van der Waals surface area contributed by atoms with Crippen molar-refractivity contribution in [3.05, 3.63) is 36.1 Å². The predicted octanol–water partition coefficient (Wildman–Crippen LogP) is 1.80. The van der Waals surface area contributed by atoms with Gasteiger partial charge in [0.15, 0.2) is 11.5 Å². The summed E-state index contributed by atoms with van der Waals surface area (Å²) in [7, 11) is -1.17. The zero-order chi connectivity index (χ0) is 16.3. The molecule has 9 heteroatoms. The SMILES string of the molecule is COc1ccc(NS(=O)(=O)c2ccc(C(=O)O)o2)cc1OC. The van der Waals surface area contributed by atoms with Gasteiger partial charge in [0.2, 0.25) is 10.9 Å². The third kappa shape index (κ3) is 3.14. The van der Waals surface area contributed by atoms with Gasteiger partial charge in [-0.25, -0.2) is 4.79 Å². The van der Waals surface area contributed by atoms with Crippen molar-refractivity contribution in [3.8, 4) is 11.5 Å². The number of rotatable bonds is 6. The minimum atomic E-state index is -4.05. The third-order valence-electron chi connectivity index (χ3n) is 2.69. The summed E-state index contributed by atoms with van der Waals surface area (Å²) in [6, 6.07) is 6.55. The molecule has 0 spiro atoms. The molecule has 0 bridgehead atoms. The van der Waals surface area contributed by atoms with Crippen molar-refractivity contribution >= 4 is 21.7 Å². The van der Waals surface area contributed by atoms with Crippen LogP contribution < -0.4 is 14.2 Å². The molecule has 0 aliphatic heterocycles. The molecule has 0 aliphatic rings. The van der Waals surface area contributed by atoms with Gasteiger partial charge >= 0.3 is 5.97 Å². The summed E-state index contributed by atoms with van der Waals surface area (Å²) in [5, 5.41) is 8.24. The molecule has 22 heavy (non-hydrogen) atoms. The molecule has 0 aliphatic carbocycles. The summed E-state index contributed by atoms with van der Waals surface area (Å²) in [6.07, 6.45) is 0. The van der Waals surface area contributed by atoms with Gasteiger partial charge in [0.25, 0.3) is 10.0 Å². The standard InChI is InChI=1S/C13H13NO7S/c1-19-9-4-3-8(7-11(9)20-2)14-22(17,18)12-6-5-10(21-12)13(15)16/h3-7,14H,1-2H3,(H,15,16). The van der Waals surface area contributed by atoms with Crippen LogP contribution in [0.1, 0.15) is 10.6 Å². The topological polar surface area (TPSA) is 115 Å². The maximum Gasteiger partial charge on any atom is 0.371 e. The molecule has 2 N–H and O–H groups in total. The molecule has 0 fully saturated rings. The number of anilines is 1. The number of furan rings is 1. The molecule has 0 atom stereocenters. The molecule has 1 aromatic heterocycles. The fourth-order valence-electron chi connectivity index (χ4n) is 1.68. The third-order valence-corrected chi connectivity index (χ3v) is 3.95. The molecule has 8 nitrogen and oxygen atoms in total. The summed E-state index contributed by atoms with van der Waals surface area (Å²) in [5.41, 5.74) is 0.214. The molecule has 0 saturated heterocycles. The number of carboxylic acid groups (broad SMARTS) is 1. The van der Waals surface area contributed by atoms with E-state index in [1.807, 2.05) is 0 Å². The van der Waals surface area contributed by atoms with Crippen LogP contribution in [0.3, 0.4) is 0 Å². The van der Waals surface area contributed by atoms with Crippen LogP contribution >= 0.6 is 0 Å². The van der Waals surface area contributed by atoms with Crippen LogP contribution in [0.5, 0.6) is 11.5 Å². The lowest BCUT2D eigenvalue weighted by molar-refractivity contribution is 0.0656. The molecule has 0 radical (unpaired) electrons. The molecule has 0 amide bonds. The fraction of sp³-hybridized carbons (Fsp3) is 0.154. The second-order valence-electron chi connectivity index (χ2n) is 4.10. The fourth-order valence-corrected chi connectivity index (χ4v) is 2.67. The Hall–Kier alpha value is -2.68. The first-order valence-electron chi connectivity index (χ1n) is 5.95. The first kappa shape index (κ1) is 15.7. The molecule has 0 unspecified atom stereocenters. The lowest BCUT2D eigenvalue weighted by Crippen LogP contribution is -2.12. The van der Waals surface area contributed by atoms with Crippen LogP contribution in [0.4, 0.5) is 5.69 Å². The number of hydrogen-bond donors (Lipinski definition) is 2. The Labute approximate surface area is 126 Å². The van der Waals surface area contributed by atoms with Crippen molar-refractivity contribution in [1.82, 2.24) is 0 Å². The monoisotopic (exact) mass is 327 g/mol. The number of sulfonamides is 1. The van der Waals surface area contributed by atoms with Crippen molar-refractivity contribution in [2.75, 3.05) is 18.9 Å². The van der Waals surface area contributed by atoms with Crippen molar-refractivity contribution in [2.45, 2.75) is 5.09 Å². The van der Waals surface area contributed by atoms with Gasteiger partial charge in [-0.05, 0) is 24.3 Å². The minimum Gasteiger partial charge on any atom is -0.493 e. The van der Waals surface area contributed by atoms with E-state index in [0.29, 0.717) is 11.5 Å². The molecule has 2 rings (SSSR count). The molecule has 2 aromatic rings. The van der Waals surface area contributed by atoms with E-state index in [1.165, 1.54) is 32.4 Å². The number of ether oxygens (including phenoxy) is 2. The zero-order valence-electron chi connectivity index (χ0n) is 11.7. The van der Waals surface area contributed by atoms with E-state index in [1.54, 1.807) is 0 Å². The summed E-state index contributed by atoms with van der Waals surface area (Å²) in [5.74, 6) is -1.04. The molecule has 0 saturated carbocycles. The van der Waals surface area contributed by atoms with E-state index in [-0.39, 0.29) is 5.69 Å². The highest BCUT2D eigenvalue weighted by atomic mass is 32.2. The summed E-state index contributed by atoms with van der Waals surface area (Å²) in [4.78, 5) is 10.7. The molecular weight excluding hydrogens is 314 g/mol. The number of methoxy groups -OCH3 is 2. The summed E-state index contributed by atoms with van der Waals surface area (Å²) >= 11 is 0. The van der Waals surface area contributed by atoms with Gasteiger partial charge in [-0.2, -0.15) is 8.42 Å². The highest BCUT2D eigenvalue weighted by Crippen LogP contribution is 2.30. The van der Waals surface area contributed by atoms with Crippen LogP contribution in [0.15, 0.2) is 39.8 Å². The van der Waals surface area contributed by atoms with Gasteiger partial charge in [0.1, 0.15) is 0 Å². The zero-order valence-corrected chi connectivity index (χ0v) is 12.5. The average Bonchev–Trinajstić information content (AvgIpc) is 2.97. The average molecular weight is 327 g/mol. The highest BCUT2D eigenvalue weighted by Gasteiger charge is 2.21. The van der Waals surface area contributed by atoms with Gasteiger partial charge in [-0.3, -0.25) is 4.72 Å². The number of benzene rings is 1. The van der Waals surface area contributed by atoms with Crippen molar-refractivity contribution < 1.29 is 32.2 Å². The molecular formula is C13H13NO7S. The van der Waals surface area contributed by atoms with Crippen LogP contribution in [0.25, 0.3) is 0 Å². The van der Waals surface area contributed by atoms with Gasteiger partial charge < -0.3 is 19.0 Å². The molecule has 1 heterocycles. The smallest absolute Gasteiger partial charge is 0.371 e. The second kappa shape index (κ2) is 5.98. The van der Waals surface area contributed by atoms with Crippen LogP contribution in [0.2, 0.25) is 0 Å². The highest BCUT2D eigenvalue weighted by molar-refractivity contribution is 7.92. The normalized spacial score (nSPS) is 11.0. The van der Waals surface area contributed by atoms with Crippen LogP contribution in [-0.2, 0) is 10.0 Å². The number of aromatic carboxylic acids is 1. The lowest BCUT2D eigenvalue weighted by Gasteiger charge is -2.10. The van der Waals surface area contributed by atoms with Crippen molar-refractivity contribution in [2.24, 2.45) is 0 Å². The van der Waals surface area contributed by atoms with Gasteiger partial charge in [-0.1, -0.05) is 0 Å². The predicted molar refractivity (Wildman–Crippen MR) is 76.0 cm³/mol. The number of carboxylic acids is 1. The number of hydrogen-bond acceptors (Lipinski definition) is 6. The number of carbonyl (C=O) groups is 1. The summed E-state index contributed by atoms with van der Waals surface area (Å²) in [6.45, 7) is 0. The Morgan fingerprint density at radius 3 is 2.36 bits per heavy atom. The van der Waals surface area contributed by atoms with E-state index in [2.05, 4.69) is 4.72 Å². The Morgan fingerprint density at radius 1 is 1.14 bits per heavy atom. The van der Waals surface area contributed by atoms with E-state index >= 15 is 0 Å². The first-order chi connectivity index (χ1) is 10.4.